The third-order valence-electron chi connectivity index (χ3n) is 2.39. The molecule has 0 spiro atoms. The zero-order chi connectivity index (χ0) is 15.7. The number of nitrogens with one attached hydrogen (secondary N) is 1. The molecule has 114 valence electrons. The van der Waals surface area contributed by atoms with Crippen LogP contribution in [-0.2, 0) is 0 Å². The lowest BCUT2D eigenvalue weighted by atomic mass is 10.2. The summed E-state index contributed by atoms with van der Waals surface area (Å²) >= 11 is 0. The first-order valence-electron chi connectivity index (χ1n) is 6.64. The minimum atomic E-state index is -0.710. The highest BCUT2D eigenvalue weighted by atomic mass is 16.5. The van der Waals surface area contributed by atoms with Crippen molar-refractivity contribution in [3.05, 3.63) is 35.4 Å². The maximum Gasteiger partial charge on any atom is 0.332 e. The number of benzene rings is 1. The predicted molar refractivity (Wildman–Crippen MR) is 82.9 cm³/mol. The van der Waals surface area contributed by atoms with E-state index in [-0.39, 0.29) is 0 Å². The largest absolute Gasteiger partial charge is 0.490 e. The van der Waals surface area contributed by atoms with Crippen LogP contribution in [-0.4, -0.2) is 25.5 Å². The molecule has 0 unspecified atom stereocenters. The Morgan fingerprint density at radius 3 is 2.71 bits per heavy atom. The van der Waals surface area contributed by atoms with Crippen LogP contribution >= 0.6 is 0 Å². The van der Waals surface area contributed by atoms with Crippen molar-refractivity contribution in [3.8, 4) is 11.5 Å². The number of carbonyl (C=O) groups excluding carboxylic acids is 1. The summed E-state index contributed by atoms with van der Waals surface area (Å²) in [6, 6.07) is 4.69. The average Bonchev–Trinajstić information content (AvgIpc) is 2.40. The van der Waals surface area contributed by atoms with Crippen LogP contribution in [0.3, 0.4) is 0 Å². The number of nitrogens with zero attached hydrogens (tertiary/aromatic N) is 1. The van der Waals surface area contributed by atoms with Crippen LogP contribution in [0.5, 0.6) is 11.5 Å². The van der Waals surface area contributed by atoms with Crippen molar-refractivity contribution >= 4 is 12.2 Å². The van der Waals surface area contributed by atoms with Crippen molar-refractivity contribution in [2.24, 2.45) is 10.8 Å². The first-order chi connectivity index (χ1) is 10.0. The molecule has 6 heteroatoms. The quantitative estimate of drug-likeness (QED) is 0.459. The van der Waals surface area contributed by atoms with E-state index in [1.807, 2.05) is 32.9 Å². The van der Waals surface area contributed by atoms with Gasteiger partial charge in [0.2, 0.25) is 0 Å². The second kappa shape index (κ2) is 8.63. The Balaban J connectivity index is 2.82. The van der Waals surface area contributed by atoms with E-state index in [1.165, 1.54) is 11.8 Å². The normalized spacial score (nSPS) is 10.2. The highest BCUT2D eigenvalue weighted by molar-refractivity contribution is 5.82. The van der Waals surface area contributed by atoms with Gasteiger partial charge >= 0.3 is 6.03 Å². The monoisotopic (exact) mass is 291 g/mol. The van der Waals surface area contributed by atoms with E-state index in [4.69, 9.17) is 15.2 Å². The molecule has 0 atom stereocenters. The number of rotatable bonds is 7. The van der Waals surface area contributed by atoms with Crippen LogP contribution in [0.15, 0.2) is 34.9 Å². The lowest BCUT2D eigenvalue weighted by Crippen LogP contribution is -2.24. The van der Waals surface area contributed by atoms with Gasteiger partial charge < -0.3 is 15.2 Å². The van der Waals surface area contributed by atoms with Crippen LogP contribution in [0, 0.1) is 0 Å². The molecule has 1 aromatic rings. The molecule has 0 aliphatic carbocycles. The third-order valence-corrected chi connectivity index (χ3v) is 2.39. The molecule has 0 aromatic heterocycles. The topological polar surface area (TPSA) is 85.9 Å². The summed E-state index contributed by atoms with van der Waals surface area (Å²) in [7, 11) is 0. The summed E-state index contributed by atoms with van der Waals surface area (Å²) in [5.74, 6) is 1.29. The molecular formula is C15H21N3O3. The molecule has 0 bridgehead atoms. The van der Waals surface area contributed by atoms with E-state index in [0.29, 0.717) is 24.7 Å². The Hall–Kier alpha value is -2.50. The summed E-state index contributed by atoms with van der Waals surface area (Å²) in [5.41, 5.74) is 9.01. The van der Waals surface area contributed by atoms with E-state index in [0.717, 1.165) is 5.56 Å². The maximum atomic E-state index is 10.5. The van der Waals surface area contributed by atoms with Gasteiger partial charge in [-0.2, -0.15) is 5.10 Å². The highest BCUT2D eigenvalue weighted by Gasteiger charge is 2.05. The Labute approximate surface area is 124 Å². The minimum absolute atomic E-state index is 0.485. The number of amides is 2. The Kier molecular flexibility index (Phi) is 6.80. The van der Waals surface area contributed by atoms with Crippen molar-refractivity contribution in [2.75, 3.05) is 13.2 Å². The van der Waals surface area contributed by atoms with Gasteiger partial charge in [-0.1, -0.05) is 5.57 Å². The van der Waals surface area contributed by atoms with Gasteiger partial charge in [0.05, 0.1) is 12.8 Å². The number of hydrogen-bond donors (Lipinski definition) is 2. The smallest absolute Gasteiger partial charge is 0.332 e. The zero-order valence-corrected chi connectivity index (χ0v) is 12.6. The van der Waals surface area contributed by atoms with Gasteiger partial charge in [0, 0.05) is 0 Å². The molecule has 0 aliphatic heterocycles. The fourth-order valence-corrected chi connectivity index (χ4v) is 1.46. The summed E-state index contributed by atoms with van der Waals surface area (Å²) in [6.07, 6.45) is 3.47. The van der Waals surface area contributed by atoms with Crippen LogP contribution in [0.25, 0.3) is 0 Å². The molecule has 0 fully saturated rings. The van der Waals surface area contributed by atoms with Crippen molar-refractivity contribution in [1.82, 2.24) is 5.43 Å². The van der Waals surface area contributed by atoms with Gasteiger partial charge in [0.15, 0.2) is 11.5 Å². The molecule has 0 heterocycles. The summed E-state index contributed by atoms with van der Waals surface area (Å²) < 4.78 is 11.2. The summed E-state index contributed by atoms with van der Waals surface area (Å²) in [6.45, 7) is 6.93. The second-order valence-electron chi connectivity index (χ2n) is 4.47. The number of hydrogen-bond acceptors (Lipinski definition) is 4. The van der Waals surface area contributed by atoms with Gasteiger partial charge in [0.1, 0.15) is 6.61 Å². The van der Waals surface area contributed by atoms with Gasteiger partial charge in [-0.15, -0.1) is 0 Å². The standard InChI is InChI=1S/C15H21N3O3/c1-4-20-14-9-12(10-17-18-15(16)19)5-6-13(14)21-8-7-11(2)3/h5-7,9-10H,4,8H2,1-3H3,(H3,16,18,19). The molecule has 1 rings (SSSR count). The molecule has 0 saturated heterocycles. The second-order valence-corrected chi connectivity index (χ2v) is 4.47. The van der Waals surface area contributed by atoms with Crippen molar-refractivity contribution in [1.29, 1.82) is 0 Å². The van der Waals surface area contributed by atoms with Gasteiger partial charge in [-0.05, 0) is 50.6 Å². The Morgan fingerprint density at radius 2 is 2.10 bits per heavy atom. The fourth-order valence-electron chi connectivity index (χ4n) is 1.46. The van der Waals surface area contributed by atoms with Crippen molar-refractivity contribution in [3.63, 3.8) is 0 Å². The zero-order valence-electron chi connectivity index (χ0n) is 12.6. The SMILES string of the molecule is CCOc1cc(C=NNC(N)=O)ccc1OCC=C(C)C. The number of ether oxygens (including phenoxy) is 2. The van der Waals surface area contributed by atoms with Gasteiger partial charge in [-0.3, -0.25) is 0 Å². The molecular weight excluding hydrogens is 270 g/mol. The van der Waals surface area contributed by atoms with Crippen LogP contribution in [0.2, 0.25) is 0 Å². The molecule has 0 aliphatic rings. The first kappa shape index (κ1) is 16.6. The maximum absolute atomic E-state index is 10.5. The van der Waals surface area contributed by atoms with Crippen molar-refractivity contribution < 1.29 is 14.3 Å². The molecule has 2 amide bonds. The van der Waals surface area contributed by atoms with Crippen LogP contribution < -0.4 is 20.6 Å². The molecule has 1 aromatic carbocycles. The van der Waals surface area contributed by atoms with E-state index in [9.17, 15) is 4.79 Å². The van der Waals surface area contributed by atoms with E-state index in [2.05, 4.69) is 10.5 Å². The number of carbonyl (C=O) groups is 1. The fraction of sp³-hybridized carbons (Fsp3) is 0.333. The molecule has 0 radical (unpaired) electrons. The minimum Gasteiger partial charge on any atom is -0.490 e. The number of hydrazone groups is 1. The molecule has 21 heavy (non-hydrogen) atoms. The van der Waals surface area contributed by atoms with Gasteiger partial charge in [-0.25, -0.2) is 10.2 Å². The molecule has 3 N–H and O–H groups in total. The summed E-state index contributed by atoms with van der Waals surface area (Å²) in [5, 5.41) is 3.70. The lowest BCUT2D eigenvalue weighted by molar-refractivity contribution is 0.249. The number of urea groups is 1. The van der Waals surface area contributed by atoms with Crippen molar-refractivity contribution in [2.45, 2.75) is 20.8 Å². The number of nitrogens with two attached hydrogens (primary N) is 1. The highest BCUT2D eigenvalue weighted by Crippen LogP contribution is 2.28. The number of allylic oxidation sites excluding steroid dienone is 1. The van der Waals surface area contributed by atoms with E-state index in [1.54, 1.807) is 12.1 Å². The van der Waals surface area contributed by atoms with Gasteiger partial charge in [0.25, 0.3) is 0 Å². The predicted octanol–water partition coefficient (Wildman–Crippen LogP) is 2.43. The van der Waals surface area contributed by atoms with Crippen LogP contribution in [0.1, 0.15) is 26.3 Å². The number of primary amides is 1. The molecule has 6 nitrogen and oxygen atoms in total. The summed E-state index contributed by atoms with van der Waals surface area (Å²) in [4.78, 5) is 10.5. The lowest BCUT2D eigenvalue weighted by Gasteiger charge is -2.11. The van der Waals surface area contributed by atoms with E-state index >= 15 is 0 Å². The first-order valence-corrected chi connectivity index (χ1v) is 6.64. The third kappa shape index (κ3) is 6.47. The Bertz CT molecular complexity index is 535. The van der Waals surface area contributed by atoms with E-state index < -0.39 is 6.03 Å². The Morgan fingerprint density at radius 1 is 1.33 bits per heavy atom. The average molecular weight is 291 g/mol. The molecule has 0 saturated carbocycles. The van der Waals surface area contributed by atoms with Crippen LogP contribution in [0.4, 0.5) is 4.79 Å².